The Bertz CT molecular complexity index is 641. The minimum Gasteiger partial charge on any atom is -0.401 e. The SMILES string of the molecule is NC1=CC=CC2=NC=CC3=C4C=CC=CN4CC123. The predicted octanol–water partition coefficient (Wildman–Crippen LogP) is 2.01. The summed E-state index contributed by atoms with van der Waals surface area (Å²) in [5, 5.41) is 0. The summed E-state index contributed by atoms with van der Waals surface area (Å²) >= 11 is 0. The molecular weight excluding hydrogens is 222 g/mol. The molecule has 0 aromatic rings. The molecule has 18 heavy (non-hydrogen) atoms. The minimum atomic E-state index is -0.252. The summed E-state index contributed by atoms with van der Waals surface area (Å²) in [5.41, 5.74) is 10.5. The predicted molar refractivity (Wildman–Crippen MR) is 72.4 cm³/mol. The van der Waals surface area contributed by atoms with Crippen molar-refractivity contribution in [3.05, 3.63) is 71.9 Å². The molecular formula is C15H13N3. The molecule has 0 amide bonds. The van der Waals surface area contributed by atoms with Gasteiger partial charge in [-0.05, 0) is 36.0 Å². The second-order valence-electron chi connectivity index (χ2n) is 4.84. The van der Waals surface area contributed by atoms with Gasteiger partial charge in [0.15, 0.2) is 0 Å². The lowest BCUT2D eigenvalue weighted by atomic mass is 9.71. The normalized spacial score (nSPS) is 31.0. The van der Waals surface area contributed by atoms with Crippen molar-refractivity contribution in [1.82, 2.24) is 4.90 Å². The molecule has 1 atom stereocenters. The van der Waals surface area contributed by atoms with E-state index >= 15 is 0 Å². The maximum atomic E-state index is 6.31. The molecule has 3 nitrogen and oxygen atoms in total. The molecule has 0 saturated heterocycles. The smallest absolute Gasteiger partial charge is 0.0967 e. The molecule has 0 bridgehead atoms. The van der Waals surface area contributed by atoms with E-state index in [0.717, 1.165) is 18.0 Å². The van der Waals surface area contributed by atoms with Gasteiger partial charge in [-0.25, -0.2) is 0 Å². The molecule has 4 aliphatic rings. The van der Waals surface area contributed by atoms with Crippen molar-refractivity contribution in [1.29, 1.82) is 0 Å². The second-order valence-corrected chi connectivity index (χ2v) is 4.84. The first-order valence-electron chi connectivity index (χ1n) is 6.08. The molecule has 0 aromatic heterocycles. The lowest BCUT2D eigenvalue weighted by molar-refractivity contribution is 0.438. The summed E-state index contributed by atoms with van der Waals surface area (Å²) in [6.45, 7) is 0.842. The number of nitrogens with zero attached hydrogens (tertiary/aromatic N) is 2. The number of rotatable bonds is 0. The number of hydrogen-bond acceptors (Lipinski definition) is 3. The van der Waals surface area contributed by atoms with Gasteiger partial charge in [0.05, 0.1) is 11.1 Å². The quantitative estimate of drug-likeness (QED) is 0.697. The molecule has 0 aromatic carbocycles. The summed E-state index contributed by atoms with van der Waals surface area (Å²) in [6.07, 6.45) is 18.3. The molecule has 3 heteroatoms. The summed E-state index contributed by atoms with van der Waals surface area (Å²) in [4.78, 5) is 6.76. The van der Waals surface area contributed by atoms with Crippen LogP contribution in [0.5, 0.6) is 0 Å². The van der Waals surface area contributed by atoms with Gasteiger partial charge in [-0.1, -0.05) is 12.2 Å². The van der Waals surface area contributed by atoms with Crippen LogP contribution in [-0.4, -0.2) is 17.2 Å². The number of allylic oxidation sites excluding steroid dienone is 7. The highest BCUT2D eigenvalue weighted by atomic mass is 15.2. The standard InChI is InChI=1S/C15H13N3/c16-13-5-3-6-14-15(13)10-18-9-2-1-4-12(18)11(15)7-8-17-14/h1-9H,10,16H2. The number of fused-ring (bicyclic) bond motifs is 1. The van der Waals surface area contributed by atoms with E-state index in [-0.39, 0.29) is 5.41 Å². The van der Waals surface area contributed by atoms with E-state index in [1.165, 1.54) is 11.3 Å². The molecule has 3 heterocycles. The van der Waals surface area contributed by atoms with Gasteiger partial charge >= 0.3 is 0 Å². The summed E-state index contributed by atoms with van der Waals surface area (Å²) in [6, 6.07) is 0. The Balaban J connectivity index is 2.00. The average molecular weight is 235 g/mol. The molecule has 4 rings (SSSR count). The molecule has 0 radical (unpaired) electrons. The first-order valence-corrected chi connectivity index (χ1v) is 6.08. The van der Waals surface area contributed by atoms with Gasteiger partial charge < -0.3 is 10.6 Å². The van der Waals surface area contributed by atoms with E-state index in [2.05, 4.69) is 46.5 Å². The van der Waals surface area contributed by atoms with E-state index in [0.29, 0.717) is 0 Å². The molecule has 1 spiro atoms. The summed E-state index contributed by atoms with van der Waals surface area (Å²) in [7, 11) is 0. The third-order valence-corrected chi connectivity index (χ3v) is 4.00. The largest absolute Gasteiger partial charge is 0.401 e. The van der Waals surface area contributed by atoms with Crippen LogP contribution in [0, 0.1) is 5.41 Å². The van der Waals surface area contributed by atoms with Gasteiger partial charge in [-0.2, -0.15) is 0 Å². The van der Waals surface area contributed by atoms with Crippen LogP contribution in [0.15, 0.2) is 76.9 Å². The van der Waals surface area contributed by atoms with Crippen LogP contribution < -0.4 is 5.73 Å². The number of nitrogens with two attached hydrogens (primary N) is 1. The molecule has 0 fully saturated rings. The van der Waals surface area contributed by atoms with Crippen molar-refractivity contribution in [2.75, 3.05) is 6.54 Å². The number of hydrogen-bond donors (Lipinski definition) is 1. The average Bonchev–Trinajstić information content (AvgIpc) is 2.74. The highest BCUT2D eigenvalue weighted by molar-refractivity contribution is 6.07. The molecule has 1 aliphatic carbocycles. The van der Waals surface area contributed by atoms with Crippen LogP contribution in [0.2, 0.25) is 0 Å². The highest BCUT2D eigenvalue weighted by Crippen LogP contribution is 2.49. The van der Waals surface area contributed by atoms with Crippen LogP contribution in [0.3, 0.4) is 0 Å². The van der Waals surface area contributed by atoms with Crippen LogP contribution >= 0.6 is 0 Å². The molecule has 0 saturated carbocycles. The van der Waals surface area contributed by atoms with E-state index < -0.39 is 0 Å². The molecule has 2 N–H and O–H groups in total. The Labute approximate surface area is 106 Å². The van der Waals surface area contributed by atoms with Gasteiger partial charge in [0, 0.05) is 30.3 Å². The fraction of sp³-hybridized carbons (Fsp3) is 0.133. The second kappa shape index (κ2) is 3.13. The highest BCUT2D eigenvalue weighted by Gasteiger charge is 2.49. The molecule has 88 valence electrons. The van der Waals surface area contributed by atoms with Gasteiger partial charge in [-0.15, -0.1) is 0 Å². The van der Waals surface area contributed by atoms with Crippen molar-refractivity contribution >= 4 is 5.71 Å². The Morgan fingerprint density at radius 3 is 3.06 bits per heavy atom. The maximum Gasteiger partial charge on any atom is 0.0967 e. The van der Waals surface area contributed by atoms with Gasteiger partial charge in [0.2, 0.25) is 0 Å². The Morgan fingerprint density at radius 1 is 1.17 bits per heavy atom. The van der Waals surface area contributed by atoms with Crippen molar-refractivity contribution < 1.29 is 0 Å². The van der Waals surface area contributed by atoms with Crippen molar-refractivity contribution in [3.63, 3.8) is 0 Å². The van der Waals surface area contributed by atoms with E-state index in [1.54, 1.807) is 0 Å². The zero-order valence-corrected chi connectivity index (χ0v) is 9.88. The van der Waals surface area contributed by atoms with Crippen LogP contribution in [0.25, 0.3) is 0 Å². The topological polar surface area (TPSA) is 41.6 Å². The monoisotopic (exact) mass is 235 g/mol. The Kier molecular flexibility index (Phi) is 1.69. The fourth-order valence-corrected chi connectivity index (χ4v) is 3.13. The van der Waals surface area contributed by atoms with E-state index in [9.17, 15) is 0 Å². The maximum absolute atomic E-state index is 6.31. The first-order chi connectivity index (χ1) is 8.82. The Hall–Kier alpha value is -2.29. The lowest BCUT2D eigenvalue weighted by Gasteiger charge is -2.35. The van der Waals surface area contributed by atoms with Crippen molar-refractivity contribution in [2.45, 2.75) is 0 Å². The molecule has 3 aliphatic heterocycles. The Morgan fingerprint density at radius 2 is 2.11 bits per heavy atom. The van der Waals surface area contributed by atoms with Crippen molar-refractivity contribution in [3.8, 4) is 0 Å². The third kappa shape index (κ3) is 0.973. The zero-order chi connectivity index (χ0) is 12.2. The third-order valence-electron chi connectivity index (χ3n) is 4.00. The van der Waals surface area contributed by atoms with E-state index in [1.807, 2.05) is 18.4 Å². The lowest BCUT2D eigenvalue weighted by Crippen LogP contribution is -2.42. The van der Waals surface area contributed by atoms with Crippen LogP contribution in [0.1, 0.15) is 0 Å². The van der Waals surface area contributed by atoms with Gasteiger partial charge in [-0.3, -0.25) is 4.99 Å². The van der Waals surface area contributed by atoms with Crippen LogP contribution in [-0.2, 0) is 0 Å². The summed E-state index contributed by atoms with van der Waals surface area (Å²) in [5.74, 6) is 0. The summed E-state index contributed by atoms with van der Waals surface area (Å²) < 4.78 is 0. The van der Waals surface area contributed by atoms with Gasteiger partial charge in [0.1, 0.15) is 0 Å². The number of aliphatic imine (C=N–C) groups is 1. The molecule has 1 unspecified atom stereocenters. The minimum absolute atomic E-state index is 0.252. The van der Waals surface area contributed by atoms with Crippen LogP contribution in [0.4, 0.5) is 0 Å². The first kappa shape index (κ1) is 9.71. The van der Waals surface area contributed by atoms with Gasteiger partial charge in [0.25, 0.3) is 0 Å². The fourth-order valence-electron chi connectivity index (χ4n) is 3.13. The van der Waals surface area contributed by atoms with Crippen molar-refractivity contribution in [2.24, 2.45) is 16.1 Å². The van der Waals surface area contributed by atoms with E-state index in [4.69, 9.17) is 5.73 Å². The zero-order valence-electron chi connectivity index (χ0n) is 9.88.